The molecule has 0 spiro atoms. The van der Waals surface area contributed by atoms with E-state index in [1.165, 1.54) is 5.56 Å². The molecular formula is C15H19N3. The van der Waals surface area contributed by atoms with Crippen LogP contribution in [0.25, 0.3) is 0 Å². The summed E-state index contributed by atoms with van der Waals surface area (Å²) in [6.07, 6.45) is 2.87. The Morgan fingerprint density at radius 3 is 2.44 bits per heavy atom. The van der Waals surface area contributed by atoms with E-state index in [1.54, 1.807) is 0 Å². The van der Waals surface area contributed by atoms with E-state index in [2.05, 4.69) is 41.2 Å². The fourth-order valence-corrected chi connectivity index (χ4v) is 1.82. The van der Waals surface area contributed by atoms with Gasteiger partial charge in [-0.15, -0.1) is 0 Å². The molecule has 0 atom stereocenters. The van der Waals surface area contributed by atoms with Crippen molar-refractivity contribution in [2.75, 3.05) is 18.5 Å². The van der Waals surface area contributed by atoms with E-state index in [0.29, 0.717) is 6.54 Å². The number of nitrogens with zero attached hydrogens (tertiary/aromatic N) is 2. The van der Waals surface area contributed by atoms with Crippen LogP contribution in [-0.4, -0.2) is 18.6 Å². The van der Waals surface area contributed by atoms with Crippen LogP contribution in [0, 0.1) is 0 Å². The molecule has 0 saturated carbocycles. The minimum atomic E-state index is 0.543. The van der Waals surface area contributed by atoms with Gasteiger partial charge in [0.15, 0.2) is 0 Å². The summed E-state index contributed by atoms with van der Waals surface area (Å²) < 4.78 is 0. The van der Waals surface area contributed by atoms with Crippen molar-refractivity contribution in [3.05, 3.63) is 59.8 Å². The highest BCUT2D eigenvalue weighted by Crippen LogP contribution is 2.10. The van der Waals surface area contributed by atoms with Crippen LogP contribution in [0.5, 0.6) is 0 Å². The zero-order valence-corrected chi connectivity index (χ0v) is 10.7. The summed E-state index contributed by atoms with van der Waals surface area (Å²) in [7, 11) is 2.06. The van der Waals surface area contributed by atoms with Gasteiger partial charge in [-0.05, 0) is 23.6 Å². The lowest BCUT2D eigenvalue weighted by molar-refractivity contribution is 0.857. The van der Waals surface area contributed by atoms with E-state index >= 15 is 0 Å². The van der Waals surface area contributed by atoms with E-state index in [4.69, 9.17) is 5.73 Å². The van der Waals surface area contributed by atoms with Crippen molar-refractivity contribution in [1.82, 2.24) is 4.98 Å². The molecule has 1 heterocycles. The molecule has 18 heavy (non-hydrogen) atoms. The first-order chi connectivity index (χ1) is 8.79. The van der Waals surface area contributed by atoms with E-state index in [0.717, 1.165) is 24.3 Å². The minimum absolute atomic E-state index is 0.543. The lowest BCUT2D eigenvalue weighted by Crippen LogP contribution is -2.21. The van der Waals surface area contributed by atoms with Crippen LogP contribution in [0.3, 0.4) is 0 Å². The van der Waals surface area contributed by atoms with Crippen molar-refractivity contribution in [2.45, 2.75) is 13.0 Å². The summed E-state index contributed by atoms with van der Waals surface area (Å²) >= 11 is 0. The predicted octanol–water partition coefficient (Wildman–Crippen LogP) is 2.22. The summed E-state index contributed by atoms with van der Waals surface area (Å²) in [6, 6.07) is 14.5. The standard InChI is InChI=1S/C15H19N3/c1-18(10-9-13-5-3-2-4-6-13)15-8-7-14(11-16)12-17-15/h2-8,12H,9-11,16H2,1H3. The molecule has 0 amide bonds. The van der Waals surface area contributed by atoms with Gasteiger partial charge >= 0.3 is 0 Å². The van der Waals surface area contributed by atoms with Crippen LogP contribution >= 0.6 is 0 Å². The van der Waals surface area contributed by atoms with Gasteiger partial charge in [0.25, 0.3) is 0 Å². The molecule has 0 saturated heterocycles. The van der Waals surface area contributed by atoms with Gasteiger partial charge in [-0.2, -0.15) is 0 Å². The second-order valence-corrected chi connectivity index (χ2v) is 4.39. The first kappa shape index (κ1) is 12.6. The fraction of sp³-hybridized carbons (Fsp3) is 0.267. The Labute approximate surface area is 108 Å². The zero-order valence-electron chi connectivity index (χ0n) is 10.7. The molecule has 1 aromatic carbocycles. The Bertz CT molecular complexity index is 465. The second kappa shape index (κ2) is 6.17. The molecule has 0 fully saturated rings. The van der Waals surface area contributed by atoms with Gasteiger partial charge in [-0.1, -0.05) is 36.4 Å². The van der Waals surface area contributed by atoms with E-state index in [1.807, 2.05) is 24.4 Å². The molecule has 3 heteroatoms. The molecule has 0 bridgehead atoms. The summed E-state index contributed by atoms with van der Waals surface area (Å²) in [5.41, 5.74) is 7.97. The molecule has 0 aliphatic carbocycles. The van der Waals surface area contributed by atoms with Crippen molar-refractivity contribution in [3.63, 3.8) is 0 Å². The maximum Gasteiger partial charge on any atom is 0.128 e. The monoisotopic (exact) mass is 241 g/mol. The SMILES string of the molecule is CN(CCc1ccccc1)c1ccc(CN)cn1. The number of benzene rings is 1. The number of anilines is 1. The van der Waals surface area contributed by atoms with Crippen molar-refractivity contribution in [2.24, 2.45) is 5.73 Å². The van der Waals surface area contributed by atoms with Crippen molar-refractivity contribution >= 4 is 5.82 Å². The van der Waals surface area contributed by atoms with Crippen molar-refractivity contribution in [3.8, 4) is 0 Å². The van der Waals surface area contributed by atoms with Crippen LogP contribution in [0.2, 0.25) is 0 Å². The summed E-state index contributed by atoms with van der Waals surface area (Å²) in [6.45, 7) is 1.50. The highest BCUT2D eigenvalue weighted by atomic mass is 15.2. The lowest BCUT2D eigenvalue weighted by atomic mass is 10.1. The van der Waals surface area contributed by atoms with Crippen LogP contribution in [0.1, 0.15) is 11.1 Å². The number of nitrogens with two attached hydrogens (primary N) is 1. The molecular weight excluding hydrogens is 222 g/mol. The molecule has 0 unspecified atom stereocenters. The van der Waals surface area contributed by atoms with Gasteiger partial charge in [0.1, 0.15) is 5.82 Å². The van der Waals surface area contributed by atoms with Crippen molar-refractivity contribution in [1.29, 1.82) is 0 Å². The van der Waals surface area contributed by atoms with Gasteiger partial charge in [0, 0.05) is 26.3 Å². The Hall–Kier alpha value is -1.87. The van der Waals surface area contributed by atoms with Gasteiger partial charge in [-0.25, -0.2) is 4.98 Å². The van der Waals surface area contributed by atoms with Gasteiger partial charge in [0.05, 0.1) is 0 Å². The molecule has 1 aromatic heterocycles. The molecule has 0 radical (unpaired) electrons. The van der Waals surface area contributed by atoms with E-state index in [-0.39, 0.29) is 0 Å². The summed E-state index contributed by atoms with van der Waals surface area (Å²) in [5, 5.41) is 0. The molecule has 0 aliphatic heterocycles. The van der Waals surface area contributed by atoms with Crippen LogP contribution in [0.15, 0.2) is 48.7 Å². The Kier molecular flexibility index (Phi) is 4.31. The number of rotatable bonds is 5. The Morgan fingerprint density at radius 1 is 1.06 bits per heavy atom. The van der Waals surface area contributed by atoms with E-state index in [9.17, 15) is 0 Å². The highest BCUT2D eigenvalue weighted by molar-refractivity contribution is 5.38. The minimum Gasteiger partial charge on any atom is -0.359 e. The third-order valence-electron chi connectivity index (χ3n) is 3.01. The zero-order chi connectivity index (χ0) is 12.8. The Morgan fingerprint density at radius 2 is 1.83 bits per heavy atom. The van der Waals surface area contributed by atoms with Crippen LogP contribution in [-0.2, 0) is 13.0 Å². The third kappa shape index (κ3) is 3.31. The van der Waals surface area contributed by atoms with Gasteiger partial charge < -0.3 is 10.6 Å². The summed E-state index contributed by atoms with van der Waals surface area (Å²) in [4.78, 5) is 6.57. The normalized spacial score (nSPS) is 10.3. The van der Waals surface area contributed by atoms with Gasteiger partial charge in [-0.3, -0.25) is 0 Å². The molecule has 2 N–H and O–H groups in total. The predicted molar refractivity (Wildman–Crippen MR) is 75.5 cm³/mol. The summed E-state index contributed by atoms with van der Waals surface area (Å²) in [5.74, 6) is 0.989. The highest BCUT2D eigenvalue weighted by Gasteiger charge is 2.02. The number of pyridine rings is 1. The molecule has 0 aliphatic rings. The first-order valence-electron chi connectivity index (χ1n) is 6.19. The number of aromatic nitrogens is 1. The maximum atomic E-state index is 5.56. The number of hydrogen-bond acceptors (Lipinski definition) is 3. The Balaban J connectivity index is 1.93. The van der Waals surface area contributed by atoms with Crippen LogP contribution < -0.4 is 10.6 Å². The fourth-order valence-electron chi connectivity index (χ4n) is 1.82. The third-order valence-corrected chi connectivity index (χ3v) is 3.01. The second-order valence-electron chi connectivity index (χ2n) is 4.39. The largest absolute Gasteiger partial charge is 0.359 e. The number of hydrogen-bond donors (Lipinski definition) is 1. The average molecular weight is 241 g/mol. The maximum absolute atomic E-state index is 5.56. The molecule has 94 valence electrons. The number of likely N-dealkylation sites (N-methyl/N-ethyl adjacent to an activating group) is 1. The molecule has 3 nitrogen and oxygen atoms in total. The topological polar surface area (TPSA) is 42.1 Å². The average Bonchev–Trinajstić information content (AvgIpc) is 2.46. The first-order valence-corrected chi connectivity index (χ1v) is 6.19. The smallest absolute Gasteiger partial charge is 0.128 e. The van der Waals surface area contributed by atoms with Crippen molar-refractivity contribution < 1.29 is 0 Å². The molecule has 2 rings (SSSR count). The van der Waals surface area contributed by atoms with Crippen LogP contribution in [0.4, 0.5) is 5.82 Å². The quantitative estimate of drug-likeness (QED) is 0.872. The van der Waals surface area contributed by atoms with Gasteiger partial charge in [0.2, 0.25) is 0 Å². The van der Waals surface area contributed by atoms with E-state index < -0.39 is 0 Å². The molecule has 2 aromatic rings. The lowest BCUT2D eigenvalue weighted by Gasteiger charge is -2.18.